The predicted molar refractivity (Wildman–Crippen MR) is 123 cm³/mol. The molecule has 2 heterocycles. The molecule has 0 spiro atoms. The van der Waals surface area contributed by atoms with E-state index in [0.717, 1.165) is 45.6 Å². The van der Waals surface area contributed by atoms with Gasteiger partial charge in [0.1, 0.15) is 16.9 Å². The molecule has 0 radical (unpaired) electrons. The molecule has 0 saturated carbocycles. The van der Waals surface area contributed by atoms with Crippen molar-refractivity contribution in [3.8, 4) is 5.75 Å². The Labute approximate surface area is 185 Å². The van der Waals surface area contributed by atoms with Crippen molar-refractivity contribution in [2.75, 3.05) is 11.9 Å². The highest BCUT2D eigenvalue weighted by molar-refractivity contribution is 9.10. The number of ether oxygens (including phenoxy) is 1. The maximum Gasteiger partial charge on any atom is 0.256 e. The van der Waals surface area contributed by atoms with Crippen LogP contribution in [0.4, 0.5) is 5.00 Å². The van der Waals surface area contributed by atoms with E-state index in [9.17, 15) is 4.79 Å². The van der Waals surface area contributed by atoms with Crippen molar-refractivity contribution in [3.05, 3.63) is 44.2 Å². The summed E-state index contributed by atoms with van der Waals surface area (Å²) in [7, 11) is 0. The lowest BCUT2D eigenvalue weighted by molar-refractivity contribution is 0.0934. The van der Waals surface area contributed by atoms with E-state index >= 15 is 0 Å². The number of benzene rings is 1. The molecule has 1 aromatic heterocycles. The van der Waals surface area contributed by atoms with Gasteiger partial charge in [-0.05, 0) is 61.3 Å². The van der Waals surface area contributed by atoms with Crippen LogP contribution >= 0.6 is 27.3 Å². The molecule has 1 aromatic carbocycles. The number of anilines is 1. The molecule has 0 bridgehead atoms. The van der Waals surface area contributed by atoms with Gasteiger partial charge >= 0.3 is 0 Å². The maximum atomic E-state index is 13.1. The van der Waals surface area contributed by atoms with Crippen LogP contribution in [-0.2, 0) is 12.8 Å². The summed E-state index contributed by atoms with van der Waals surface area (Å²) in [4.78, 5) is 14.5. The van der Waals surface area contributed by atoms with E-state index in [1.54, 1.807) is 11.3 Å². The van der Waals surface area contributed by atoms with Gasteiger partial charge < -0.3 is 15.4 Å². The number of fused-ring (bicyclic) bond motifs is 3. The zero-order valence-electron chi connectivity index (χ0n) is 17.5. The Bertz CT molecular complexity index is 937. The molecule has 4 nitrogen and oxygen atoms in total. The third kappa shape index (κ3) is 3.81. The fourth-order valence-electron chi connectivity index (χ4n) is 4.44. The maximum absolute atomic E-state index is 13.1. The minimum Gasteiger partial charge on any atom is -0.493 e. The van der Waals surface area contributed by atoms with Crippen LogP contribution in [0, 0.1) is 11.3 Å². The van der Waals surface area contributed by atoms with Gasteiger partial charge in [0.05, 0.1) is 12.2 Å². The Morgan fingerprint density at radius 3 is 2.79 bits per heavy atom. The van der Waals surface area contributed by atoms with Gasteiger partial charge in [-0.25, -0.2) is 0 Å². The molecule has 0 saturated heterocycles. The van der Waals surface area contributed by atoms with Crippen LogP contribution in [0.25, 0.3) is 0 Å². The summed E-state index contributed by atoms with van der Waals surface area (Å²) in [5.74, 6) is 1.49. The van der Waals surface area contributed by atoms with Crippen molar-refractivity contribution in [3.63, 3.8) is 0 Å². The number of hydrogen-bond donors (Lipinski definition) is 2. The van der Waals surface area contributed by atoms with Crippen LogP contribution in [0.5, 0.6) is 5.75 Å². The Morgan fingerprint density at radius 1 is 1.28 bits per heavy atom. The average molecular weight is 477 g/mol. The van der Waals surface area contributed by atoms with Gasteiger partial charge in [-0.15, -0.1) is 11.3 Å². The lowest BCUT2D eigenvalue weighted by Gasteiger charge is -2.36. The van der Waals surface area contributed by atoms with E-state index in [4.69, 9.17) is 4.74 Å². The molecule has 2 aromatic rings. The second-order valence-electron chi connectivity index (χ2n) is 8.66. The van der Waals surface area contributed by atoms with Crippen LogP contribution < -0.4 is 15.4 Å². The fourth-order valence-corrected chi connectivity index (χ4v) is 6.17. The molecule has 29 heavy (non-hydrogen) atoms. The highest BCUT2D eigenvalue weighted by Gasteiger charge is 2.37. The molecule has 0 unspecified atom stereocenters. The van der Waals surface area contributed by atoms with Crippen molar-refractivity contribution >= 4 is 38.2 Å². The van der Waals surface area contributed by atoms with Gasteiger partial charge in [0, 0.05) is 14.9 Å². The summed E-state index contributed by atoms with van der Waals surface area (Å²) >= 11 is 5.31. The summed E-state index contributed by atoms with van der Waals surface area (Å²) in [5.41, 5.74) is 3.40. The summed E-state index contributed by atoms with van der Waals surface area (Å²) < 4.78 is 6.77. The first-order valence-electron chi connectivity index (χ1n) is 10.5. The Morgan fingerprint density at radius 2 is 2.07 bits per heavy atom. The summed E-state index contributed by atoms with van der Waals surface area (Å²) in [6, 6.07) is 5.93. The lowest BCUT2D eigenvalue weighted by atomic mass is 9.69. The topological polar surface area (TPSA) is 50.4 Å². The standard InChI is InChI=1S/C23H29BrN2O2S/c1-5-23(3,4)13-7-9-15-18(11-13)29-22-19(15)21(27)25-20(26-22)16-12-14(24)8-10-17(16)28-6-2/h8,10,12-13,20,26H,5-7,9,11H2,1-4H3,(H,25,27)/t13-,20-/m1/s1. The van der Waals surface area contributed by atoms with E-state index in [-0.39, 0.29) is 12.1 Å². The summed E-state index contributed by atoms with van der Waals surface area (Å²) in [6.45, 7) is 9.59. The zero-order chi connectivity index (χ0) is 20.8. The second kappa shape index (κ2) is 7.95. The molecule has 1 aliphatic carbocycles. The number of thiophene rings is 1. The van der Waals surface area contributed by atoms with Gasteiger partial charge in [-0.3, -0.25) is 4.79 Å². The van der Waals surface area contributed by atoms with E-state index in [0.29, 0.717) is 17.9 Å². The zero-order valence-corrected chi connectivity index (χ0v) is 19.9. The molecular weight excluding hydrogens is 448 g/mol. The van der Waals surface area contributed by atoms with Crippen LogP contribution in [0.15, 0.2) is 22.7 Å². The Hall–Kier alpha value is -1.53. The van der Waals surface area contributed by atoms with E-state index in [2.05, 4.69) is 47.3 Å². The quantitative estimate of drug-likeness (QED) is 0.531. The number of halogens is 1. The molecule has 4 rings (SSSR count). The SMILES string of the molecule is CCOc1ccc(Br)cc1[C@@H]1NC(=O)c2c(sc3c2CC[C@@H](C(C)(C)CC)C3)N1. The molecule has 156 valence electrons. The van der Waals surface area contributed by atoms with Crippen LogP contribution in [0.2, 0.25) is 0 Å². The predicted octanol–water partition coefficient (Wildman–Crippen LogP) is 6.30. The first-order valence-corrected chi connectivity index (χ1v) is 12.1. The van der Waals surface area contributed by atoms with Crippen molar-refractivity contribution in [2.24, 2.45) is 11.3 Å². The van der Waals surface area contributed by atoms with E-state index < -0.39 is 0 Å². The third-order valence-electron chi connectivity index (χ3n) is 6.64. The van der Waals surface area contributed by atoms with Crippen molar-refractivity contribution < 1.29 is 9.53 Å². The van der Waals surface area contributed by atoms with Gasteiger partial charge in [-0.1, -0.05) is 43.1 Å². The molecule has 2 N–H and O–H groups in total. The normalized spacial score (nSPS) is 21.1. The highest BCUT2D eigenvalue weighted by Crippen LogP contribution is 2.47. The van der Waals surface area contributed by atoms with E-state index in [1.165, 1.54) is 16.9 Å². The van der Waals surface area contributed by atoms with Gasteiger partial charge in [-0.2, -0.15) is 0 Å². The summed E-state index contributed by atoms with van der Waals surface area (Å²) in [6.07, 6.45) is 4.12. The average Bonchev–Trinajstić information content (AvgIpc) is 3.07. The van der Waals surface area contributed by atoms with Crippen LogP contribution in [0.3, 0.4) is 0 Å². The number of nitrogens with one attached hydrogen (secondary N) is 2. The number of amides is 1. The molecule has 2 aliphatic rings. The highest BCUT2D eigenvalue weighted by atomic mass is 79.9. The third-order valence-corrected chi connectivity index (χ3v) is 8.32. The Kier molecular flexibility index (Phi) is 5.68. The van der Waals surface area contributed by atoms with Crippen LogP contribution in [-0.4, -0.2) is 12.5 Å². The Balaban J connectivity index is 1.65. The number of rotatable bonds is 5. The van der Waals surface area contributed by atoms with Gasteiger partial charge in [0.15, 0.2) is 0 Å². The van der Waals surface area contributed by atoms with Crippen molar-refractivity contribution in [1.29, 1.82) is 0 Å². The minimum absolute atomic E-state index is 0.0249. The molecule has 0 fully saturated rings. The monoisotopic (exact) mass is 476 g/mol. The first-order chi connectivity index (χ1) is 13.8. The first kappa shape index (κ1) is 20.7. The molecule has 6 heteroatoms. The molecule has 1 amide bonds. The van der Waals surface area contributed by atoms with E-state index in [1.807, 2.05) is 25.1 Å². The lowest BCUT2D eigenvalue weighted by Crippen LogP contribution is -2.38. The number of carbonyl (C=O) groups excluding carboxylic acids is 1. The van der Waals surface area contributed by atoms with Gasteiger partial charge in [0.25, 0.3) is 5.91 Å². The van der Waals surface area contributed by atoms with Crippen LogP contribution in [0.1, 0.15) is 73.1 Å². The largest absolute Gasteiger partial charge is 0.493 e. The molecule has 1 aliphatic heterocycles. The minimum atomic E-state index is -0.294. The number of carbonyl (C=O) groups is 1. The molecule has 2 atom stereocenters. The van der Waals surface area contributed by atoms with Crippen molar-refractivity contribution in [2.45, 2.75) is 59.5 Å². The van der Waals surface area contributed by atoms with Gasteiger partial charge in [0.2, 0.25) is 0 Å². The second-order valence-corrected chi connectivity index (χ2v) is 10.7. The summed E-state index contributed by atoms with van der Waals surface area (Å²) in [5, 5.41) is 7.74. The smallest absolute Gasteiger partial charge is 0.256 e. The number of hydrogen-bond acceptors (Lipinski definition) is 4. The van der Waals surface area contributed by atoms with Crippen molar-refractivity contribution in [1.82, 2.24) is 5.32 Å². The fraction of sp³-hybridized carbons (Fsp3) is 0.522. The molecular formula is C23H29BrN2O2S.